The lowest BCUT2D eigenvalue weighted by Crippen LogP contribution is -2.09. The highest BCUT2D eigenvalue weighted by Gasteiger charge is 2.05. The minimum absolute atomic E-state index is 0.863. The molecule has 0 aliphatic rings. The maximum absolute atomic E-state index is 4.45. The van der Waals surface area contributed by atoms with Crippen molar-refractivity contribution in [1.29, 1.82) is 0 Å². The third-order valence-corrected chi connectivity index (χ3v) is 3.85. The Kier molecular flexibility index (Phi) is 3.91. The number of hydrogen-bond acceptors (Lipinski definition) is 5. The van der Waals surface area contributed by atoms with E-state index in [1.165, 1.54) is 4.88 Å². The van der Waals surface area contributed by atoms with Crippen molar-refractivity contribution >= 4 is 17.2 Å². The molecule has 0 unspecified atom stereocenters. The Morgan fingerprint density at radius 1 is 1.11 bits per heavy atom. The van der Waals surface area contributed by atoms with Crippen LogP contribution in [0.1, 0.15) is 27.0 Å². The molecule has 0 amide bonds. The number of thiazole rings is 1. The van der Waals surface area contributed by atoms with Gasteiger partial charge in [0, 0.05) is 24.0 Å². The zero-order chi connectivity index (χ0) is 13.1. The maximum Gasteiger partial charge on any atom is 0.147 e. The second kappa shape index (κ2) is 5.44. The molecule has 2 aromatic heterocycles. The monoisotopic (exact) mass is 262 g/mol. The molecule has 0 aromatic carbocycles. The standard InChI is InChI=1S/C13H18N4S/c1-8-7-15-10(3)13(16-8)14-6-5-12-9(2)17-11(4)18-12/h7H,5-6H2,1-4H3,(H,14,16). The predicted octanol–water partition coefficient (Wildman–Crippen LogP) is 2.82. The lowest BCUT2D eigenvalue weighted by Gasteiger charge is -2.07. The van der Waals surface area contributed by atoms with E-state index in [0.717, 1.165) is 40.9 Å². The zero-order valence-corrected chi connectivity index (χ0v) is 12.1. The molecular weight excluding hydrogens is 244 g/mol. The average molecular weight is 262 g/mol. The molecule has 0 spiro atoms. The third-order valence-electron chi connectivity index (χ3n) is 2.72. The summed E-state index contributed by atoms with van der Waals surface area (Å²) in [4.78, 5) is 14.5. The number of anilines is 1. The van der Waals surface area contributed by atoms with Crippen molar-refractivity contribution in [3.8, 4) is 0 Å². The van der Waals surface area contributed by atoms with Crippen molar-refractivity contribution in [2.24, 2.45) is 0 Å². The summed E-state index contributed by atoms with van der Waals surface area (Å²) in [5.41, 5.74) is 3.03. The lowest BCUT2D eigenvalue weighted by molar-refractivity contribution is 0.975. The second-order valence-electron chi connectivity index (χ2n) is 4.36. The summed E-state index contributed by atoms with van der Waals surface area (Å²) in [5, 5.41) is 4.48. The van der Waals surface area contributed by atoms with Gasteiger partial charge in [-0.15, -0.1) is 11.3 Å². The Morgan fingerprint density at radius 3 is 2.56 bits per heavy atom. The fraction of sp³-hybridized carbons (Fsp3) is 0.462. The van der Waals surface area contributed by atoms with Crippen LogP contribution >= 0.6 is 11.3 Å². The van der Waals surface area contributed by atoms with Crippen LogP contribution < -0.4 is 5.32 Å². The van der Waals surface area contributed by atoms with Crippen LogP contribution in [0.5, 0.6) is 0 Å². The van der Waals surface area contributed by atoms with Crippen LogP contribution in [0.25, 0.3) is 0 Å². The lowest BCUT2D eigenvalue weighted by atomic mass is 10.3. The molecule has 0 fully saturated rings. The first-order valence-electron chi connectivity index (χ1n) is 6.03. The van der Waals surface area contributed by atoms with E-state index in [4.69, 9.17) is 0 Å². The number of nitrogens with one attached hydrogen (secondary N) is 1. The Bertz CT molecular complexity index is 548. The van der Waals surface area contributed by atoms with Crippen molar-refractivity contribution in [2.45, 2.75) is 34.1 Å². The van der Waals surface area contributed by atoms with Crippen LogP contribution in [0.2, 0.25) is 0 Å². The molecule has 1 N–H and O–H groups in total. The van der Waals surface area contributed by atoms with Gasteiger partial charge in [0.15, 0.2) is 0 Å². The van der Waals surface area contributed by atoms with E-state index in [-0.39, 0.29) is 0 Å². The van der Waals surface area contributed by atoms with Gasteiger partial charge in [0.2, 0.25) is 0 Å². The van der Waals surface area contributed by atoms with Crippen molar-refractivity contribution in [2.75, 3.05) is 11.9 Å². The van der Waals surface area contributed by atoms with Crippen LogP contribution in [0.4, 0.5) is 5.82 Å². The van der Waals surface area contributed by atoms with Gasteiger partial charge >= 0.3 is 0 Å². The molecule has 96 valence electrons. The number of aryl methyl sites for hydroxylation is 4. The third kappa shape index (κ3) is 3.04. The minimum atomic E-state index is 0.863. The van der Waals surface area contributed by atoms with E-state index in [1.807, 2.05) is 20.8 Å². The van der Waals surface area contributed by atoms with Crippen LogP contribution in [0.15, 0.2) is 6.20 Å². The van der Waals surface area contributed by atoms with Gasteiger partial charge in [-0.1, -0.05) is 0 Å². The molecule has 0 saturated carbocycles. The van der Waals surface area contributed by atoms with Crippen LogP contribution in [0, 0.1) is 27.7 Å². The highest BCUT2D eigenvalue weighted by Crippen LogP contribution is 2.18. The quantitative estimate of drug-likeness (QED) is 0.920. The molecule has 0 aliphatic heterocycles. The highest BCUT2D eigenvalue weighted by molar-refractivity contribution is 7.11. The molecule has 18 heavy (non-hydrogen) atoms. The number of nitrogens with zero attached hydrogens (tertiary/aromatic N) is 3. The minimum Gasteiger partial charge on any atom is -0.368 e. The van der Waals surface area contributed by atoms with Gasteiger partial charge in [0.1, 0.15) is 5.82 Å². The normalized spacial score (nSPS) is 10.7. The molecule has 2 heterocycles. The topological polar surface area (TPSA) is 50.7 Å². The molecule has 2 aromatic rings. The summed E-state index contributed by atoms with van der Waals surface area (Å²) < 4.78 is 0. The first-order chi connectivity index (χ1) is 8.56. The van der Waals surface area contributed by atoms with Crippen LogP contribution in [-0.4, -0.2) is 21.5 Å². The molecular formula is C13H18N4S. The van der Waals surface area contributed by atoms with Gasteiger partial charge in [-0.3, -0.25) is 4.98 Å². The van der Waals surface area contributed by atoms with Crippen molar-refractivity contribution in [1.82, 2.24) is 15.0 Å². The fourth-order valence-corrected chi connectivity index (χ4v) is 2.74. The molecule has 5 heteroatoms. The summed E-state index contributed by atoms with van der Waals surface area (Å²) >= 11 is 1.77. The number of rotatable bonds is 4. The van der Waals surface area contributed by atoms with E-state index >= 15 is 0 Å². The summed E-state index contributed by atoms with van der Waals surface area (Å²) in [5.74, 6) is 0.883. The summed E-state index contributed by atoms with van der Waals surface area (Å²) in [6.45, 7) is 8.90. The Morgan fingerprint density at radius 2 is 1.89 bits per heavy atom. The van der Waals surface area contributed by atoms with E-state index in [9.17, 15) is 0 Å². The van der Waals surface area contributed by atoms with Gasteiger partial charge in [-0.25, -0.2) is 9.97 Å². The van der Waals surface area contributed by atoms with Gasteiger partial charge in [-0.2, -0.15) is 0 Å². The van der Waals surface area contributed by atoms with E-state index in [0.29, 0.717) is 0 Å². The molecule has 0 saturated heterocycles. The van der Waals surface area contributed by atoms with Crippen LogP contribution in [0.3, 0.4) is 0 Å². The largest absolute Gasteiger partial charge is 0.368 e. The SMILES string of the molecule is Cc1cnc(C)c(NCCc2sc(C)nc2C)n1. The number of hydrogen-bond donors (Lipinski definition) is 1. The van der Waals surface area contributed by atoms with Gasteiger partial charge in [0.25, 0.3) is 0 Å². The molecule has 0 bridgehead atoms. The summed E-state index contributed by atoms with van der Waals surface area (Å²) in [7, 11) is 0. The van der Waals surface area contributed by atoms with E-state index < -0.39 is 0 Å². The van der Waals surface area contributed by atoms with Crippen LogP contribution in [-0.2, 0) is 6.42 Å². The fourth-order valence-electron chi connectivity index (χ4n) is 1.80. The smallest absolute Gasteiger partial charge is 0.147 e. The second-order valence-corrected chi connectivity index (χ2v) is 5.65. The van der Waals surface area contributed by atoms with Crippen molar-refractivity contribution in [3.05, 3.63) is 33.2 Å². The van der Waals surface area contributed by atoms with E-state index in [1.54, 1.807) is 17.5 Å². The molecule has 0 atom stereocenters. The first-order valence-corrected chi connectivity index (χ1v) is 6.85. The maximum atomic E-state index is 4.45. The zero-order valence-electron chi connectivity index (χ0n) is 11.2. The Balaban J connectivity index is 1.96. The Labute approximate surface area is 112 Å². The molecule has 0 aliphatic carbocycles. The molecule has 4 nitrogen and oxygen atoms in total. The molecule has 2 rings (SSSR count). The summed E-state index contributed by atoms with van der Waals surface area (Å²) in [6, 6.07) is 0. The Hall–Kier alpha value is -1.49. The molecule has 0 radical (unpaired) electrons. The van der Waals surface area contributed by atoms with Gasteiger partial charge < -0.3 is 5.32 Å². The van der Waals surface area contributed by atoms with Gasteiger partial charge in [0.05, 0.1) is 22.1 Å². The van der Waals surface area contributed by atoms with Crippen molar-refractivity contribution in [3.63, 3.8) is 0 Å². The highest BCUT2D eigenvalue weighted by atomic mass is 32.1. The van der Waals surface area contributed by atoms with Crippen molar-refractivity contribution < 1.29 is 0 Å². The average Bonchev–Trinajstić information content (AvgIpc) is 2.62. The van der Waals surface area contributed by atoms with E-state index in [2.05, 4.69) is 27.2 Å². The number of aromatic nitrogens is 3. The predicted molar refractivity (Wildman–Crippen MR) is 75.3 cm³/mol. The summed E-state index contributed by atoms with van der Waals surface area (Å²) in [6.07, 6.45) is 2.77. The van der Waals surface area contributed by atoms with Gasteiger partial charge in [-0.05, 0) is 27.7 Å². The first kappa shape index (κ1) is 13.0.